The van der Waals surface area contributed by atoms with Crippen molar-refractivity contribution in [1.82, 2.24) is 0 Å². The van der Waals surface area contributed by atoms with Gasteiger partial charge in [-0.1, -0.05) is 37.9 Å². The van der Waals surface area contributed by atoms with Crippen LogP contribution >= 0.6 is 31.9 Å². The van der Waals surface area contributed by atoms with Crippen molar-refractivity contribution in [2.45, 2.75) is 6.61 Å². The Balaban J connectivity index is 2.19. The minimum absolute atomic E-state index is 0.0130. The lowest BCUT2D eigenvalue weighted by atomic mass is 10.2. The van der Waals surface area contributed by atoms with Gasteiger partial charge in [0.15, 0.2) is 0 Å². The Morgan fingerprint density at radius 1 is 0.941 bits per heavy atom. The fourth-order valence-corrected chi connectivity index (χ4v) is 2.11. The quantitative estimate of drug-likeness (QED) is 0.876. The van der Waals surface area contributed by atoms with Gasteiger partial charge >= 0.3 is 0 Å². The van der Waals surface area contributed by atoms with Gasteiger partial charge in [0.25, 0.3) is 0 Å². The highest BCUT2D eigenvalue weighted by Crippen LogP contribution is 2.27. The maximum atomic E-state index is 9.05. The highest BCUT2D eigenvalue weighted by molar-refractivity contribution is 9.10. The maximum absolute atomic E-state index is 9.05. The zero-order valence-electron chi connectivity index (χ0n) is 8.86. The van der Waals surface area contributed by atoms with E-state index in [0.29, 0.717) is 0 Å². The number of halogens is 2. The number of aliphatic hydroxyl groups is 1. The third-order valence-electron chi connectivity index (χ3n) is 2.24. The van der Waals surface area contributed by atoms with Crippen LogP contribution in [0.4, 0.5) is 0 Å². The van der Waals surface area contributed by atoms with E-state index in [4.69, 9.17) is 9.84 Å². The first kappa shape index (κ1) is 12.6. The molecule has 0 fully saturated rings. The summed E-state index contributed by atoms with van der Waals surface area (Å²) in [4.78, 5) is 0. The van der Waals surface area contributed by atoms with Gasteiger partial charge < -0.3 is 9.84 Å². The van der Waals surface area contributed by atoms with Gasteiger partial charge in [0.05, 0.1) is 6.61 Å². The summed E-state index contributed by atoms with van der Waals surface area (Å²) in [6.45, 7) is 0.0130. The number of hydrogen-bond acceptors (Lipinski definition) is 2. The lowest BCUT2D eigenvalue weighted by Crippen LogP contribution is -1.88. The van der Waals surface area contributed by atoms with Crippen LogP contribution in [-0.2, 0) is 6.61 Å². The third kappa shape index (κ3) is 3.31. The Bertz CT molecular complexity index is 509. The van der Waals surface area contributed by atoms with E-state index < -0.39 is 0 Å². The summed E-state index contributed by atoms with van der Waals surface area (Å²) in [5, 5.41) is 9.05. The molecule has 0 radical (unpaired) electrons. The number of hydrogen-bond donors (Lipinski definition) is 1. The molecule has 0 aliphatic rings. The van der Waals surface area contributed by atoms with E-state index in [1.807, 2.05) is 42.5 Å². The Morgan fingerprint density at radius 2 is 1.59 bits per heavy atom. The number of aliphatic hydroxyl groups excluding tert-OH is 1. The van der Waals surface area contributed by atoms with Crippen molar-refractivity contribution in [3.8, 4) is 11.5 Å². The van der Waals surface area contributed by atoms with Gasteiger partial charge in [-0.2, -0.15) is 0 Å². The third-order valence-corrected chi connectivity index (χ3v) is 3.51. The molecule has 4 heteroatoms. The topological polar surface area (TPSA) is 29.5 Å². The second-order valence-corrected chi connectivity index (χ2v) is 5.24. The number of benzene rings is 2. The van der Waals surface area contributed by atoms with Gasteiger partial charge in [0, 0.05) is 8.95 Å². The first-order valence-corrected chi connectivity index (χ1v) is 6.60. The lowest BCUT2D eigenvalue weighted by Gasteiger charge is -2.07. The monoisotopic (exact) mass is 356 g/mol. The number of ether oxygens (including phenoxy) is 1. The molecule has 0 aromatic heterocycles. The molecule has 0 saturated heterocycles. The Hall–Kier alpha value is -0.840. The average molecular weight is 358 g/mol. The molecule has 17 heavy (non-hydrogen) atoms. The SMILES string of the molecule is OCc1ccc(Oc2ccc(Br)cc2)cc1Br. The van der Waals surface area contributed by atoms with Crippen molar-refractivity contribution in [2.75, 3.05) is 0 Å². The van der Waals surface area contributed by atoms with Gasteiger partial charge in [-0.3, -0.25) is 0 Å². The molecule has 0 heterocycles. The van der Waals surface area contributed by atoms with Crippen LogP contribution in [0.5, 0.6) is 11.5 Å². The minimum atomic E-state index is 0.0130. The smallest absolute Gasteiger partial charge is 0.128 e. The first-order chi connectivity index (χ1) is 8.19. The van der Waals surface area contributed by atoms with Gasteiger partial charge in [-0.25, -0.2) is 0 Å². The molecule has 1 N–H and O–H groups in total. The second-order valence-electron chi connectivity index (χ2n) is 3.47. The molecule has 2 rings (SSSR count). The normalized spacial score (nSPS) is 10.3. The van der Waals surface area contributed by atoms with E-state index in [2.05, 4.69) is 31.9 Å². The van der Waals surface area contributed by atoms with E-state index in [-0.39, 0.29) is 6.61 Å². The maximum Gasteiger partial charge on any atom is 0.128 e. The second kappa shape index (κ2) is 5.67. The zero-order valence-corrected chi connectivity index (χ0v) is 12.0. The van der Waals surface area contributed by atoms with E-state index in [9.17, 15) is 0 Å². The van der Waals surface area contributed by atoms with Gasteiger partial charge in [0.2, 0.25) is 0 Å². The molecule has 2 aromatic rings. The molecule has 0 unspecified atom stereocenters. The van der Waals surface area contributed by atoms with Crippen LogP contribution in [0.1, 0.15) is 5.56 Å². The first-order valence-electron chi connectivity index (χ1n) is 5.02. The highest BCUT2D eigenvalue weighted by Gasteiger charge is 2.02. The fourth-order valence-electron chi connectivity index (χ4n) is 1.36. The minimum Gasteiger partial charge on any atom is -0.457 e. The van der Waals surface area contributed by atoms with Crippen LogP contribution in [0.2, 0.25) is 0 Å². The molecule has 2 aromatic carbocycles. The van der Waals surface area contributed by atoms with Gasteiger partial charge in [-0.05, 0) is 42.0 Å². The van der Waals surface area contributed by atoms with Crippen molar-refractivity contribution < 1.29 is 9.84 Å². The Kier molecular flexibility index (Phi) is 4.20. The van der Waals surface area contributed by atoms with Crippen LogP contribution < -0.4 is 4.74 Å². The zero-order chi connectivity index (χ0) is 12.3. The number of rotatable bonds is 3. The molecular formula is C13H10Br2O2. The lowest BCUT2D eigenvalue weighted by molar-refractivity contribution is 0.281. The molecule has 0 atom stereocenters. The van der Waals surface area contributed by atoms with Crippen molar-refractivity contribution in [1.29, 1.82) is 0 Å². The molecule has 0 amide bonds. The van der Waals surface area contributed by atoms with Crippen LogP contribution in [0.25, 0.3) is 0 Å². The summed E-state index contributed by atoms with van der Waals surface area (Å²) in [7, 11) is 0. The van der Waals surface area contributed by atoms with Crippen LogP contribution in [0, 0.1) is 0 Å². The van der Waals surface area contributed by atoms with E-state index in [1.54, 1.807) is 0 Å². The van der Waals surface area contributed by atoms with Crippen LogP contribution in [0.3, 0.4) is 0 Å². The predicted molar refractivity (Wildman–Crippen MR) is 74.3 cm³/mol. The summed E-state index contributed by atoms with van der Waals surface area (Å²) in [5.74, 6) is 1.51. The van der Waals surface area contributed by atoms with E-state index >= 15 is 0 Å². The molecule has 0 spiro atoms. The van der Waals surface area contributed by atoms with Gasteiger partial charge in [0.1, 0.15) is 11.5 Å². The molecule has 0 aliphatic heterocycles. The summed E-state index contributed by atoms with van der Waals surface area (Å²) in [5.41, 5.74) is 0.841. The molecule has 0 saturated carbocycles. The van der Waals surface area contributed by atoms with E-state index in [0.717, 1.165) is 26.0 Å². The predicted octanol–water partition coefficient (Wildman–Crippen LogP) is 4.50. The Labute approximate surface area is 116 Å². The summed E-state index contributed by atoms with van der Waals surface area (Å²) in [6.07, 6.45) is 0. The van der Waals surface area contributed by atoms with Crippen molar-refractivity contribution in [3.05, 3.63) is 57.0 Å². The van der Waals surface area contributed by atoms with Crippen LogP contribution in [0.15, 0.2) is 51.4 Å². The molecule has 88 valence electrons. The van der Waals surface area contributed by atoms with Gasteiger partial charge in [-0.15, -0.1) is 0 Å². The molecule has 0 bridgehead atoms. The Morgan fingerprint density at radius 3 is 2.18 bits per heavy atom. The van der Waals surface area contributed by atoms with Crippen molar-refractivity contribution >= 4 is 31.9 Å². The highest BCUT2D eigenvalue weighted by atomic mass is 79.9. The van der Waals surface area contributed by atoms with Crippen LogP contribution in [-0.4, -0.2) is 5.11 Å². The average Bonchev–Trinajstić information content (AvgIpc) is 2.32. The summed E-state index contributed by atoms with van der Waals surface area (Å²) in [6, 6.07) is 13.1. The molecular weight excluding hydrogens is 348 g/mol. The molecule has 2 nitrogen and oxygen atoms in total. The summed E-state index contributed by atoms with van der Waals surface area (Å²) < 4.78 is 7.54. The van der Waals surface area contributed by atoms with Crippen molar-refractivity contribution in [2.24, 2.45) is 0 Å². The fraction of sp³-hybridized carbons (Fsp3) is 0.0769. The standard InChI is InChI=1S/C13H10Br2O2/c14-10-2-5-11(6-3-10)17-12-4-1-9(8-16)13(15)7-12/h1-7,16H,8H2. The molecule has 0 aliphatic carbocycles. The van der Waals surface area contributed by atoms with E-state index in [1.165, 1.54) is 0 Å². The largest absolute Gasteiger partial charge is 0.457 e. The summed E-state index contributed by atoms with van der Waals surface area (Å²) >= 11 is 6.76. The van der Waals surface area contributed by atoms with Crippen molar-refractivity contribution in [3.63, 3.8) is 0 Å².